The van der Waals surface area contributed by atoms with Crippen LogP contribution in [0, 0.1) is 0 Å². The number of esters is 1. The molecule has 0 aromatic heterocycles. The first-order chi connectivity index (χ1) is 14.5. The Labute approximate surface area is 176 Å². The van der Waals surface area contributed by atoms with Gasteiger partial charge < -0.3 is 18.9 Å². The van der Waals surface area contributed by atoms with Gasteiger partial charge in [-0.15, -0.1) is 0 Å². The molecule has 0 bridgehead atoms. The number of hydrogen-bond donors (Lipinski definition) is 0. The molecular formula is C23H28O7. The number of unbranched alkanes of at least 4 members (excludes halogenated alkanes) is 1. The summed E-state index contributed by atoms with van der Waals surface area (Å²) >= 11 is 0. The maximum atomic E-state index is 13.0. The van der Waals surface area contributed by atoms with E-state index in [1.54, 1.807) is 6.08 Å². The predicted molar refractivity (Wildman–Crippen MR) is 108 cm³/mol. The molecule has 2 heterocycles. The van der Waals surface area contributed by atoms with Crippen LogP contribution in [0.5, 0.6) is 0 Å². The second-order valence-electron chi connectivity index (χ2n) is 7.48. The quantitative estimate of drug-likeness (QED) is 0.428. The van der Waals surface area contributed by atoms with Gasteiger partial charge in [0.1, 0.15) is 18.3 Å². The molecule has 2 aliphatic rings. The van der Waals surface area contributed by atoms with Gasteiger partial charge in [-0.1, -0.05) is 36.4 Å². The Kier molecular flexibility index (Phi) is 8.30. The van der Waals surface area contributed by atoms with Gasteiger partial charge in [0.15, 0.2) is 11.6 Å². The summed E-state index contributed by atoms with van der Waals surface area (Å²) in [5.74, 6) is -0.608. The Morgan fingerprint density at radius 3 is 2.67 bits per heavy atom. The summed E-state index contributed by atoms with van der Waals surface area (Å²) in [5, 5.41) is 0. The molecule has 1 aromatic carbocycles. The van der Waals surface area contributed by atoms with Gasteiger partial charge in [0.05, 0.1) is 25.9 Å². The van der Waals surface area contributed by atoms with Crippen LogP contribution in [-0.4, -0.2) is 55.2 Å². The summed E-state index contributed by atoms with van der Waals surface area (Å²) in [6.45, 7) is 2.37. The predicted octanol–water partition coefficient (Wildman–Crippen LogP) is 2.56. The lowest BCUT2D eigenvalue weighted by Crippen LogP contribution is -2.35. The summed E-state index contributed by atoms with van der Waals surface area (Å²) in [6.07, 6.45) is 2.85. The molecule has 3 rings (SSSR count). The molecule has 30 heavy (non-hydrogen) atoms. The fourth-order valence-corrected chi connectivity index (χ4v) is 3.62. The molecule has 7 heteroatoms. The van der Waals surface area contributed by atoms with Crippen LogP contribution in [-0.2, 0) is 39.9 Å². The van der Waals surface area contributed by atoms with E-state index in [9.17, 15) is 14.4 Å². The lowest BCUT2D eigenvalue weighted by molar-refractivity contribution is -0.141. The van der Waals surface area contributed by atoms with Crippen molar-refractivity contribution in [1.29, 1.82) is 0 Å². The molecule has 0 unspecified atom stereocenters. The van der Waals surface area contributed by atoms with E-state index in [2.05, 4.69) is 0 Å². The molecular weight excluding hydrogens is 388 g/mol. The van der Waals surface area contributed by atoms with Crippen molar-refractivity contribution in [3.05, 3.63) is 48.0 Å². The number of ketones is 2. The SMILES string of the molecule is CC(=O)OCCCC[C@H]1O[C@@H](C[C@H]2OCC=CC2=O)C(=O)[C@H]1OCc1ccccc1. The molecule has 1 fully saturated rings. The van der Waals surface area contributed by atoms with Gasteiger partial charge in [-0.2, -0.15) is 0 Å². The molecule has 2 aliphatic heterocycles. The van der Waals surface area contributed by atoms with Gasteiger partial charge in [0, 0.05) is 13.3 Å². The smallest absolute Gasteiger partial charge is 0.302 e. The molecule has 0 saturated carbocycles. The van der Waals surface area contributed by atoms with E-state index >= 15 is 0 Å². The van der Waals surface area contributed by atoms with Crippen LogP contribution in [0.2, 0.25) is 0 Å². The Bertz CT molecular complexity index is 758. The highest BCUT2D eigenvalue weighted by Gasteiger charge is 2.45. The highest BCUT2D eigenvalue weighted by molar-refractivity contribution is 5.95. The third-order valence-electron chi connectivity index (χ3n) is 5.16. The van der Waals surface area contributed by atoms with Crippen molar-refractivity contribution in [2.45, 2.75) is 63.6 Å². The Morgan fingerprint density at radius 1 is 1.13 bits per heavy atom. The minimum absolute atomic E-state index is 0.149. The van der Waals surface area contributed by atoms with Crippen LogP contribution in [0.3, 0.4) is 0 Å². The van der Waals surface area contributed by atoms with Crippen molar-refractivity contribution in [2.75, 3.05) is 13.2 Å². The Hall–Kier alpha value is -2.35. The van der Waals surface area contributed by atoms with E-state index in [1.807, 2.05) is 30.3 Å². The molecule has 0 N–H and O–H groups in total. The summed E-state index contributed by atoms with van der Waals surface area (Å²) in [7, 11) is 0. The largest absolute Gasteiger partial charge is 0.466 e. The molecule has 162 valence electrons. The van der Waals surface area contributed by atoms with Gasteiger partial charge in [0.2, 0.25) is 0 Å². The fourth-order valence-electron chi connectivity index (χ4n) is 3.62. The van der Waals surface area contributed by atoms with E-state index in [0.29, 0.717) is 32.7 Å². The zero-order chi connectivity index (χ0) is 21.3. The maximum Gasteiger partial charge on any atom is 0.302 e. The molecule has 1 aromatic rings. The van der Waals surface area contributed by atoms with Crippen LogP contribution >= 0.6 is 0 Å². The zero-order valence-corrected chi connectivity index (χ0v) is 17.2. The molecule has 0 spiro atoms. The number of rotatable bonds is 10. The van der Waals surface area contributed by atoms with Gasteiger partial charge in [-0.3, -0.25) is 14.4 Å². The molecule has 7 nitrogen and oxygen atoms in total. The van der Waals surface area contributed by atoms with Crippen molar-refractivity contribution in [1.82, 2.24) is 0 Å². The average molecular weight is 416 g/mol. The molecule has 0 aliphatic carbocycles. The lowest BCUT2D eigenvalue weighted by Gasteiger charge is -2.20. The van der Waals surface area contributed by atoms with E-state index in [-0.39, 0.29) is 24.0 Å². The topological polar surface area (TPSA) is 88.1 Å². The van der Waals surface area contributed by atoms with Crippen LogP contribution in [0.15, 0.2) is 42.5 Å². The first kappa shape index (κ1) is 22.3. The maximum absolute atomic E-state index is 13.0. The van der Waals surface area contributed by atoms with Crippen molar-refractivity contribution < 1.29 is 33.3 Å². The van der Waals surface area contributed by atoms with Gasteiger partial charge in [-0.25, -0.2) is 0 Å². The number of ether oxygens (including phenoxy) is 4. The number of hydrogen-bond acceptors (Lipinski definition) is 7. The number of Topliss-reactive ketones (excluding diaryl/α,β-unsaturated/α-hetero) is 1. The van der Waals surface area contributed by atoms with Crippen LogP contribution < -0.4 is 0 Å². The second kappa shape index (κ2) is 11.2. The molecule has 1 saturated heterocycles. The summed E-state index contributed by atoms with van der Waals surface area (Å²) in [5.41, 5.74) is 0.971. The minimum atomic E-state index is -0.732. The number of carbonyl (C=O) groups excluding carboxylic acids is 3. The fraction of sp³-hybridized carbons (Fsp3) is 0.522. The minimum Gasteiger partial charge on any atom is -0.466 e. The first-order valence-electron chi connectivity index (χ1n) is 10.3. The highest BCUT2D eigenvalue weighted by Crippen LogP contribution is 2.28. The standard InChI is InChI=1S/C23H28O7/c1-16(24)27-12-6-5-11-19-23(29-15-17-8-3-2-4-9-17)22(26)21(30-19)14-20-18(25)10-7-13-28-20/h2-4,7-10,19-21,23H,5-6,11-15H2,1H3/t19-,20-,21+,23+/m1/s1. The Morgan fingerprint density at radius 2 is 1.93 bits per heavy atom. The van der Waals surface area contributed by atoms with E-state index in [1.165, 1.54) is 13.0 Å². The van der Waals surface area contributed by atoms with Crippen molar-refractivity contribution >= 4 is 17.5 Å². The average Bonchev–Trinajstić information content (AvgIpc) is 3.03. The van der Waals surface area contributed by atoms with E-state index in [0.717, 1.165) is 12.0 Å². The molecule has 0 radical (unpaired) electrons. The van der Waals surface area contributed by atoms with Gasteiger partial charge >= 0.3 is 5.97 Å². The summed E-state index contributed by atoms with van der Waals surface area (Å²) in [4.78, 5) is 35.9. The highest BCUT2D eigenvalue weighted by atomic mass is 16.6. The third-order valence-corrected chi connectivity index (χ3v) is 5.16. The lowest BCUT2D eigenvalue weighted by atomic mass is 10.00. The van der Waals surface area contributed by atoms with Crippen LogP contribution in [0.1, 0.15) is 38.2 Å². The van der Waals surface area contributed by atoms with E-state index < -0.39 is 24.4 Å². The van der Waals surface area contributed by atoms with Crippen molar-refractivity contribution in [3.8, 4) is 0 Å². The number of benzene rings is 1. The van der Waals surface area contributed by atoms with Crippen molar-refractivity contribution in [3.63, 3.8) is 0 Å². The monoisotopic (exact) mass is 416 g/mol. The first-order valence-corrected chi connectivity index (χ1v) is 10.3. The normalized spacial score (nSPS) is 26.2. The van der Waals surface area contributed by atoms with E-state index in [4.69, 9.17) is 18.9 Å². The van der Waals surface area contributed by atoms with Crippen molar-refractivity contribution in [2.24, 2.45) is 0 Å². The van der Waals surface area contributed by atoms with Gasteiger partial charge in [-0.05, 0) is 30.9 Å². The van der Waals surface area contributed by atoms with Gasteiger partial charge in [0.25, 0.3) is 0 Å². The second-order valence-corrected chi connectivity index (χ2v) is 7.48. The molecule has 0 amide bonds. The molecule has 4 atom stereocenters. The summed E-state index contributed by atoms with van der Waals surface area (Å²) in [6, 6.07) is 9.63. The summed E-state index contributed by atoms with van der Waals surface area (Å²) < 4.78 is 22.4. The third kappa shape index (κ3) is 6.32. The zero-order valence-electron chi connectivity index (χ0n) is 17.2. The Balaban J connectivity index is 1.59. The van der Waals surface area contributed by atoms with Crippen LogP contribution in [0.4, 0.5) is 0 Å². The van der Waals surface area contributed by atoms with Crippen LogP contribution in [0.25, 0.3) is 0 Å². The number of carbonyl (C=O) groups is 3.